The molecule has 4 N–H and O–H groups in total. The quantitative estimate of drug-likeness (QED) is 0.544. The summed E-state index contributed by atoms with van der Waals surface area (Å²) in [6.07, 6.45) is 3.56. The Balaban J connectivity index is 1.47. The summed E-state index contributed by atoms with van der Waals surface area (Å²) in [4.78, 5) is 20.7. The van der Waals surface area contributed by atoms with Gasteiger partial charge in [0.25, 0.3) is 0 Å². The molecule has 148 valence electrons. The number of nitrogens with one attached hydrogen (secondary N) is 2. The number of unbranched alkanes of at least 4 members (excludes halogenated alkanes) is 1. The number of nitrogens with zero attached hydrogens (tertiary/aromatic N) is 3. The minimum Gasteiger partial charge on any atom is -0.497 e. The Labute approximate surface area is 164 Å². The molecule has 0 saturated carbocycles. The summed E-state index contributed by atoms with van der Waals surface area (Å²) < 4.78 is 7.25. The number of pyridine rings is 1. The molecule has 3 aromatic rings. The van der Waals surface area contributed by atoms with Crippen LogP contribution in [0.2, 0.25) is 0 Å². The van der Waals surface area contributed by atoms with Crippen molar-refractivity contribution in [2.75, 3.05) is 24.7 Å². The number of carbonyl (C=O) groups excluding carboxylic acids is 1. The van der Waals surface area contributed by atoms with E-state index in [0.29, 0.717) is 23.8 Å². The fraction of sp³-hybridized carbons (Fsp3) is 0.350. The standard InChI is InChI=1S/C20H26N6O2/c1-13-14(2)24-19(21)17-18(13)26(12-23-17)10-5-4-9-22-20(27)25-15-7-6-8-16(11-15)28-3/h6-8,11-12H,4-5,9-10H2,1-3H3,(H2,21,24)(H2,22,25,27). The Morgan fingerprint density at radius 3 is 2.89 bits per heavy atom. The number of methoxy groups -OCH3 is 1. The van der Waals surface area contributed by atoms with E-state index in [9.17, 15) is 4.79 Å². The first-order valence-corrected chi connectivity index (χ1v) is 9.26. The van der Waals surface area contributed by atoms with Crippen LogP contribution in [0.15, 0.2) is 30.6 Å². The number of benzene rings is 1. The predicted molar refractivity (Wildman–Crippen MR) is 111 cm³/mol. The Morgan fingerprint density at radius 2 is 2.11 bits per heavy atom. The maximum atomic E-state index is 12.0. The molecule has 28 heavy (non-hydrogen) atoms. The van der Waals surface area contributed by atoms with Gasteiger partial charge in [0.15, 0.2) is 5.82 Å². The molecule has 0 bridgehead atoms. The second-order valence-electron chi connectivity index (χ2n) is 6.66. The molecule has 2 amide bonds. The lowest BCUT2D eigenvalue weighted by Gasteiger charge is -2.10. The summed E-state index contributed by atoms with van der Waals surface area (Å²) in [5.41, 5.74) is 10.5. The van der Waals surface area contributed by atoms with Crippen LogP contribution in [0.4, 0.5) is 16.3 Å². The molecule has 0 aliphatic heterocycles. The zero-order chi connectivity index (χ0) is 20.1. The molecule has 0 saturated heterocycles. The van der Waals surface area contributed by atoms with Crippen LogP contribution in [-0.4, -0.2) is 34.2 Å². The van der Waals surface area contributed by atoms with Gasteiger partial charge in [0, 0.05) is 30.5 Å². The molecule has 1 aromatic carbocycles. The number of hydrogen-bond donors (Lipinski definition) is 3. The summed E-state index contributed by atoms with van der Waals surface area (Å²) in [6.45, 7) is 5.38. The summed E-state index contributed by atoms with van der Waals surface area (Å²) in [7, 11) is 1.59. The van der Waals surface area contributed by atoms with Crippen LogP contribution >= 0.6 is 0 Å². The Morgan fingerprint density at radius 1 is 1.29 bits per heavy atom. The van der Waals surface area contributed by atoms with E-state index < -0.39 is 0 Å². The maximum absolute atomic E-state index is 12.0. The van der Waals surface area contributed by atoms with Crippen LogP contribution in [0.1, 0.15) is 24.1 Å². The minimum absolute atomic E-state index is 0.230. The number of hydrogen-bond acceptors (Lipinski definition) is 5. The number of carbonyl (C=O) groups is 1. The van der Waals surface area contributed by atoms with Crippen LogP contribution in [0, 0.1) is 13.8 Å². The van der Waals surface area contributed by atoms with E-state index in [1.807, 2.05) is 32.0 Å². The molecule has 0 fully saturated rings. The smallest absolute Gasteiger partial charge is 0.319 e. The van der Waals surface area contributed by atoms with Gasteiger partial charge in [-0.15, -0.1) is 0 Å². The third-order valence-corrected chi connectivity index (χ3v) is 4.71. The first-order chi connectivity index (χ1) is 13.5. The molecular weight excluding hydrogens is 356 g/mol. The van der Waals surface area contributed by atoms with Crippen LogP contribution < -0.4 is 21.1 Å². The van der Waals surface area contributed by atoms with Crippen LogP contribution in [-0.2, 0) is 6.54 Å². The average Bonchev–Trinajstić information content (AvgIpc) is 3.10. The van der Waals surface area contributed by atoms with Crippen molar-refractivity contribution in [2.24, 2.45) is 0 Å². The van der Waals surface area contributed by atoms with E-state index in [2.05, 4.69) is 25.2 Å². The molecule has 8 heteroatoms. The van der Waals surface area contributed by atoms with Crippen molar-refractivity contribution in [1.29, 1.82) is 0 Å². The third kappa shape index (κ3) is 4.33. The van der Waals surface area contributed by atoms with Crippen LogP contribution in [0.3, 0.4) is 0 Å². The van der Waals surface area contributed by atoms with Crippen LogP contribution in [0.25, 0.3) is 11.0 Å². The maximum Gasteiger partial charge on any atom is 0.319 e. The van der Waals surface area contributed by atoms with Gasteiger partial charge in [-0.05, 0) is 44.4 Å². The molecule has 0 spiro atoms. The average molecular weight is 382 g/mol. The van der Waals surface area contributed by atoms with Gasteiger partial charge in [0.1, 0.15) is 11.3 Å². The monoisotopic (exact) mass is 382 g/mol. The number of imidazole rings is 1. The molecule has 0 unspecified atom stereocenters. The minimum atomic E-state index is -0.230. The molecule has 0 radical (unpaired) electrons. The number of amides is 2. The first-order valence-electron chi connectivity index (χ1n) is 9.26. The number of aromatic nitrogens is 3. The predicted octanol–water partition coefficient (Wildman–Crippen LogP) is 3.24. The molecule has 0 aliphatic carbocycles. The van der Waals surface area contributed by atoms with Gasteiger partial charge < -0.3 is 25.7 Å². The van der Waals surface area contributed by atoms with Crippen LogP contribution in [0.5, 0.6) is 5.75 Å². The van der Waals surface area contributed by atoms with E-state index in [0.717, 1.165) is 41.7 Å². The zero-order valence-corrected chi connectivity index (χ0v) is 16.5. The fourth-order valence-corrected chi connectivity index (χ4v) is 3.11. The second kappa shape index (κ2) is 8.60. The van der Waals surface area contributed by atoms with E-state index in [4.69, 9.17) is 10.5 Å². The molecule has 0 atom stereocenters. The van der Waals surface area contributed by atoms with Crippen molar-refractivity contribution in [3.63, 3.8) is 0 Å². The number of urea groups is 1. The summed E-state index contributed by atoms with van der Waals surface area (Å²) in [5, 5.41) is 5.67. The van der Waals surface area contributed by atoms with Crippen molar-refractivity contribution >= 4 is 28.6 Å². The Kier molecular flexibility index (Phi) is 5.98. The highest BCUT2D eigenvalue weighted by Gasteiger charge is 2.12. The fourth-order valence-electron chi connectivity index (χ4n) is 3.11. The van der Waals surface area contributed by atoms with Gasteiger partial charge in [0.05, 0.1) is 19.0 Å². The van der Waals surface area contributed by atoms with Crippen molar-refractivity contribution < 1.29 is 9.53 Å². The van der Waals surface area contributed by atoms with Gasteiger partial charge in [-0.1, -0.05) is 6.07 Å². The van der Waals surface area contributed by atoms with Crippen molar-refractivity contribution in [2.45, 2.75) is 33.2 Å². The summed E-state index contributed by atoms with van der Waals surface area (Å²) >= 11 is 0. The molecule has 8 nitrogen and oxygen atoms in total. The highest BCUT2D eigenvalue weighted by molar-refractivity contribution is 5.89. The topological polar surface area (TPSA) is 107 Å². The Bertz CT molecular complexity index is 982. The number of rotatable bonds is 7. The molecule has 2 heterocycles. The summed E-state index contributed by atoms with van der Waals surface area (Å²) in [6, 6.07) is 7.02. The highest BCUT2D eigenvalue weighted by atomic mass is 16.5. The SMILES string of the molecule is COc1cccc(NC(=O)NCCCCn2cnc3c(N)nc(C)c(C)c32)c1. The number of fused-ring (bicyclic) bond motifs is 1. The van der Waals surface area contributed by atoms with E-state index >= 15 is 0 Å². The van der Waals surface area contributed by atoms with Crippen molar-refractivity contribution in [3.05, 3.63) is 41.9 Å². The van der Waals surface area contributed by atoms with Crippen molar-refractivity contribution in [3.8, 4) is 5.75 Å². The molecule has 3 rings (SSSR count). The first kappa shape index (κ1) is 19.5. The second-order valence-corrected chi connectivity index (χ2v) is 6.66. The van der Waals surface area contributed by atoms with E-state index in [1.54, 1.807) is 19.5 Å². The number of nitrogens with two attached hydrogens (primary N) is 1. The number of anilines is 2. The molecular formula is C20H26N6O2. The third-order valence-electron chi connectivity index (χ3n) is 4.71. The molecule has 0 aliphatic rings. The lowest BCUT2D eigenvalue weighted by atomic mass is 10.2. The van der Waals surface area contributed by atoms with Crippen molar-refractivity contribution in [1.82, 2.24) is 19.9 Å². The number of nitrogen functional groups attached to an aromatic ring is 1. The largest absolute Gasteiger partial charge is 0.497 e. The van der Waals surface area contributed by atoms with Gasteiger partial charge in [-0.3, -0.25) is 0 Å². The lowest BCUT2D eigenvalue weighted by Crippen LogP contribution is -2.29. The van der Waals surface area contributed by atoms with Gasteiger partial charge in [0.2, 0.25) is 0 Å². The molecule has 2 aromatic heterocycles. The van der Waals surface area contributed by atoms with Gasteiger partial charge >= 0.3 is 6.03 Å². The zero-order valence-electron chi connectivity index (χ0n) is 16.5. The Hall–Kier alpha value is -3.29. The van der Waals surface area contributed by atoms with Gasteiger partial charge in [-0.25, -0.2) is 14.8 Å². The number of aryl methyl sites for hydroxylation is 3. The summed E-state index contributed by atoms with van der Waals surface area (Å²) in [5.74, 6) is 1.17. The normalized spacial score (nSPS) is 10.8. The van der Waals surface area contributed by atoms with E-state index in [1.165, 1.54) is 0 Å². The lowest BCUT2D eigenvalue weighted by molar-refractivity contribution is 0.252. The number of ether oxygens (including phenoxy) is 1. The van der Waals surface area contributed by atoms with E-state index in [-0.39, 0.29) is 6.03 Å². The van der Waals surface area contributed by atoms with Gasteiger partial charge in [-0.2, -0.15) is 0 Å². The highest BCUT2D eigenvalue weighted by Crippen LogP contribution is 2.24.